The molecule has 0 saturated carbocycles. The van der Waals surface area contributed by atoms with Crippen molar-refractivity contribution >= 4 is 15.7 Å². The normalized spacial score (nSPS) is 11.8. The molecule has 8 heteroatoms. The maximum atomic E-state index is 12.1. The molecule has 0 radical (unpaired) electrons. The Labute approximate surface area is 126 Å². The molecule has 0 bridgehead atoms. The summed E-state index contributed by atoms with van der Waals surface area (Å²) in [4.78, 5) is 2.10. The van der Waals surface area contributed by atoms with Gasteiger partial charge in [0.05, 0.1) is 30.9 Å². The quantitative estimate of drug-likeness (QED) is 0.497. The minimum atomic E-state index is -3.59. The van der Waals surface area contributed by atoms with Gasteiger partial charge in [0, 0.05) is 13.1 Å². The smallest absolute Gasteiger partial charge is 0.240 e. The second-order valence-electron chi connectivity index (χ2n) is 4.72. The molecule has 1 aromatic rings. The molecule has 120 valence electrons. The van der Waals surface area contributed by atoms with Crippen molar-refractivity contribution in [1.29, 1.82) is 0 Å². The van der Waals surface area contributed by atoms with Crippen molar-refractivity contribution < 1.29 is 17.9 Å². The number of rotatable bonds is 9. The Kier molecular flexibility index (Phi) is 6.90. The second-order valence-corrected chi connectivity index (χ2v) is 6.48. The number of likely N-dealkylation sites (N-methyl/N-ethyl adjacent to an activating group) is 1. The van der Waals surface area contributed by atoms with Crippen molar-refractivity contribution in [2.75, 3.05) is 53.2 Å². The third-order valence-corrected chi connectivity index (χ3v) is 4.19. The van der Waals surface area contributed by atoms with E-state index in [9.17, 15) is 8.42 Å². The van der Waals surface area contributed by atoms with E-state index in [1.807, 2.05) is 19.0 Å². The molecule has 0 atom stereocenters. The number of nitrogens with zero attached hydrogens (tertiary/aromatic N) is 1. The van der Waals surface area contributed by atoms with Gasteiger partial charge in [-0.25, -0.2) is 13.1 Å². The van der Waals surface area contributed by atoms with Gasteiger partial charge in [-0.15, -0.1) is 0 Å². The summed E-state index contributed by atoms with van der Waals surface area (Å²) in [6, 6.07) is 4.34. The van der Waals surface area contributed by atoms with Crippen LogP contribution in [-0.2, 0) is 14.8 Å². The van der Waals surface area contributed by atoms with Crippen molar-refractivity contribution in [1.82, 2.24) is 9.62 Å². The van der Waals surface area contributed by atoms with E-state index < -0.39 is 10.0 Å². The number of sulfonamides is 1. The van der Waals surface area contributed by atoms with Crippen LogP contribution < -0.4 is 15.2 Å². The molecule has 0 saturated heterocycles. The lowest BCUT2D eigenvalue weighted by Crippen LogP contribution is -2.28. The van der Waals surface area contributed by atoms with Crippen LogP contribution in [-0.4, -0.2) is 60.8 Å². The number of nitrogens with one attached hydrogen (secondary N) is 1. The van der Waals surface area contributed by atoms with Crippen molar-refractivity contribution in [2.45, 2.75) is 4.90 Å². The van der Waals surface area contributed by atoms with Crippen molar-refractivity contribution in [3.8, 4) is 5.75 Å². The Balaban J connectivity index is 2.48. The van der Waals surface area contributed by atoms with E-state index in [2.05, 4.69) is 4.72 Å². The van der Waals surface area contributed by atoms with E-state index in [1.54, 1.807) is 0 Å². The first kappa shape index (κ1) is 17.7. The van der Waals surface area contributed by atoms with Gasteiger partial charge in [-0.1, -0.05) is 0 Å². The Hall–Kier alpha value is -1.35. The minimum Gasteiger partial charge on any atom is -0.495 e. The van der Waals surface area contributed by atoms with Gasteiger partial charge in [-0.3, -0.25) is 0 Å². The molecule has 1 aromatic carbocycles. The van der Waals surface area contributed by atoms with E-state index in [0.29, 0.717) is 19.0 Å². The van der Waals surface area contributed by atoms with Crippen LogP contribution in [0.15, 0.2) is 23.1 Å². The van der Waals surface area contributed by atoms with Crippen molar-refractivity contribution in [3.63, 3.8) is 0 Å². The molecule has 3 N–H and O–H groups in total. The van der Waals surface area contributed by atoms with Crippen LogP contribution in [0.3, 0.4) is 0 Å². The van der Waals surface area contributed by atoms with Gasteiger partial charge >= 0.3 is 0 Å². The summed E-state index contributed by atoms with van der Waals surface area (Å²) in [5.74, 6) is 0.445. The first-order chi connectivity index (χ1) is 9.86. The van der Waals surface area contributed by atoms with Crippen molar-refractivity contribution in [2.24, 2.45) is 0 Å². The molecule has 0 unspecified atom stereocenters. The van der Waals surface area contributed by atoms with E-state index in [4.69, 9.17) is 15.2 Å². The Morgan fingerprint density at radius 1 is 1.29 bits per heavy atom. The number of anilines is 1. The van der Waals surface area contributed by atoms with E-state index in [0.717, 1.165) is 6.54 Å². The van der Waals surface area contributed by atoms with Crippen LogP contribution in [0.4, 0.5) is 5.69 Å². The van der Waals surface area contributed by atoms with Crippen LogP contribution in [0.25, 0.3) is 0 Å². The van der Waals surface area contributed by atoms with Crippen LogP contribution in [0.2, 0.25) is 0 Å². The topological polar surface area (TPSA) is 93.9 Å². The number of methoxy groups -OCH3 is 1. The molecule has 7 nitrogen and oxygen atoms in total. The summed E-state index contributed by atoms with van der Waals surface area (Å²) in [6.07, 6.45) is 0. The zero-order valence-electron chi connectivity index (χ0n) is 12.6. The zero-order valence-corrected chi connectivity index (χ0v) is 13.4. The standard InChI is InChI=1S/C13H23N3O4S/c1-16(2)7-9-20-8-6-15-21(17,18)11-4-5-13(19-3)12(14)10-11/h4-5,10,15H,6-9,14H2,1-3H3. The third kappa shape index (κ3) is 5.88. The predicted octanol–water partition coefficient (Wildman–Crippen LogP) is 0.134. The van der Waals surface area contributed by atoms with Crippen LogP contribution >= 0.6 is 0 Å². The van der Waals surface area contributed by atoms with E-state index in [-0.39, 0.29) is 17.1 Å². The molecule has 0 aliphatic heterocycles. The lowest BCUT2D eigenvalue weighted by molar-refractivity contribution is 0.122. The highest BCUT2D eigenvalue weighted by molar-refractivity contribution is 7.89. The van der Waals surface area contributed by atoms with Gasteiger partial charge in [0.15, 0.2) is 0 Å². The number of nitrogen functional groups attached to an aromatic ring is 1. The number of nitrogens with two attached hydrogens (primary N) is 1. The zero-order chi connectivity index (χ0) is 15.9. The number of benzene rings is 1. The monoisotopic (exact) mass is 317 g/mol. The molecule has 0 aliphatic rings. The molecule has 0 aliphatic carbocycles. The van der Waals surface area contributed by atoms with Gasteiger partial charge < -0.3 is 20.1 Å². The maximum Gasteiger partial charge on any atom is 0.240 e. The Morgan fingerprint density at radius 2 is 2.00 bits per heavy atom. The van der Waals surface area contributed by atoms with E-state index in [1.165, 1.54) is 25.3 Å². The maximum absolute atomic E-state index is 12.1. The molecule has 0 spiro atoms. The molecule has 1 rings (SSSR count). The molecule has 0 amide bonds. The predicted molar refractivity (Wildman–Crippen MR) is 82.0 cm³/mol. The Bertz CT molecular complexity index is 546. The fourth-order valence-corrected chi connectivity index (χ4v) is 2.61. The van der Waals surface area contributed by atoms with Gasteiger partial charge in [0.1, 0.15) is 5.75 Å². The molecule has 0 heterocycles. The number of hydrogen-bond acceptors (Lipinski definition) is 6. The average Bonchev–Trinajstić information content (AvgIpc) is 2.42. The molecule has 21 heavy (non-hydrogen) atoms. The molecule has 0 aromatic heterocycles. The molecular formula is C13H23N3O4S. The van der Waals surface area contributed by atoms with E-state index >= 15 is 0 Å². The molecular weight excluding hydrogens is 294 g/mol. The lowest BCUT2D eigenvalue weighted by Gasteiger charge is -2.11. The number of hydrogen-bond donors (Lipinski definition) is 2. The Morgan fingerprint density at radius 3 is 2.57 bits per heavy atom. The second kappa shape index (κ2) is 8.18. The van der Waals surface area contributed by atoms with Crippen LogP contribution in [0, 0.1) is 0 Å². The summed E-state index contributed by atoms with van der Waals surface area (Å²) in [5.41, 5.74) is 5.98. The summed E-state index contributed by atoms with van der Waals surface area (Å²) in [7, 11) is 1.78. The largest absolute Gasteiger partial charge is 0.495 e. The fourth-order valence-electron chi connectivity index (χ4n) is 1.56. The van der Waals surface area contributed by atoms with Crippen molar-refractivity contribution in [3.05, 3.63) is 18.2 Å². The highest BCUT2D eigenvalue weighted by Gasteiger charge is 2.15. The van der Waals surface area contributed by atoms with Gasteiger partial charge in [0.2, 0.25) is 10.0 Å². The summed E-state index contributed by atoms with van der Waals surface area (Å²) < 4.78 is 36.9. The van der Waals surface area contributed by atoms with Crippen LogP contribution in [0.5, 0.6) is 5.75 Å². The first-order valence-electron chi connectivity index (χ1n) is 6.52. The third-order valence-electron chi connectivity index (χ3n) is 2.73. The van der Waals surface area contributed by atoms with Gasteiger partial charge in [-0.05, 0) is 32.3 Å². The van der Waals surface area contributed by atoms with Crippen LogP contribution in [0.1, 0.15) is 0 Å². The minimum absolute atomic E-state index is 0.106. The summed E-state index contributed by atoms with van der Waals surface area (Å²) >= 11 is 0. The summed E-state index contributed by atoms with van der Waals surface area (Å²) in [5, 5.41) is 0. The lowest BCUT2D eigenvalue weighted by atomic mass is 10.3. The highest BCUT2D eigenvalue weighted by Crippen LogP contribution is 2.24. The average molecular weight is 317 g/mol. The molecule has 0 fully saturated rings. The summed E-state index contributed by atoms with van der Waals surface area (Å²) in [6.45, 7) is 1.88. The fraction of sp³-hybridized carbons (Fsp3) is 0.538. The first-order valence-corrected chi connectivity index (χ1v) is 8.01. The number of ether oxygens (including phenoxy) is 2. The SMILES string of the molecule is COc1ccc(S(=O)(=O)NCCOCCN(C)C)cc1N. The van der Waals surface area contributed by atoms with Gasteiger partial charge in [-0.2, -0.15) is 0 Å². The highest BCUT2D eigenvalue weighted by atomic mass is 32.2. The van der Waals surface area contributed by atoms with Gasteiger partial charge in [0.25, 0.3) is 0 Å².